The standard InChI is InChI=1S/C16H17NO5/c1-16(2,18)11-6-9-13(19-3)8-4-5-10-14(21-7-20-10)12(8)17-15(9)22-11/h4-5,11,18H,6-7H2,1-3H3/t11-/m1/s1. The van der Waals surface area contributed by atoms with Gasteiger partial charge in [0.15, 0.2) is 11.5 Å². The molecule has 0 unspecified atom stereocenters. The zero-order chi connectivity index (χ0) is 15.5. The third kappa shape index (κ3) is 1.80. The molecular weight excluding hydrogens is 286 g/mol. The minimum absolute atomic E-state index is 0.183. The molecule has 2 aromatic rings. The molecule has 1 aromatic heterocycles. The molecule has 2 aliphatic heterocycles. The number of ether oxygens (including phenoxy) is 4. The molecule has 6 nitrogen and oxygen atoms in total. The van der Waals surface area contributed by atoms with Crippen LogP contribution < -0.4 is 18.9 Å². The van der Waals surface area contributed by atoms with Gasteiger partial charge in [-0.2, -0.15) is 0 Å². The lowest BCUT2D eigenvalue weighted by atomic mass is 9.96. The molecule has 0 radical (unpaired) electrons. The lowest BCUT2D eigenvalue weighted by Gasteiger charge is -2.24. The maximum Gasteiger partial charge on any atom is 0.231 e. The zero-order valence-corrected chi connectivity index (χ0v) is 12.7. The molecule has 0 amide bonds. The second-order valence-corrected chi connectivity index (χ2v) is 6.09. The molecule has 0 saturated heterocycles. The lowest BCUT2D eigenvalue weighted by Crippen LogP contribution is -2.39. The van der Waals surface area contributed by atoms with Gasteiger partial charge in [-0.25, -0.2) is 4.98 Å². The highest BCUT2D eigenvalue weighted by molar-refractivity contribution is 5.94. The largest absolute Gasteiger partial charge is 0.496 e. The SMILES string of the molecule is COc1c2c(nc3c4c(ccc13)OCO4)O[C@@H](C(C)(C)O)C2. The van der Waals surface area contributed by atoms with Crippen LogP contribution in [-0.4, -0.2) is 35.7 Å². The molecule has 3 heterocycles. The Bertz CT molecular complexity index is 765. The first-order valence-corrected chi connectivity index (χ1v) is 7.17. The number of hydrogen-bond donors (Lipinski definition) is 1. The highest BCUT2D eigenvalue weighted by atomic mass is 16.7. The third-order valence-electron chi connectivity index (χ3n) is 4.14. The van der Waals surface area contributed by atoms with E-state index in [0.717, 1.165) is 10.9 Å². The van der Waals surface area contributed by atoms with Crippen molar-refractivity contribution in [3.8, 4) is 23.1 Å². The number of hydrogen-bond acceptors (Lipinski definition) is 6. The van der Waals surface area contributed by atoms with Gasteiger partial charge < -0.3 is 24.1 Å². The number of methoxy groups -OCH3 is 1. The third-order valence-corrected chi connectivity index (χ3v) is 4.14. The van der Waals surface area contributed by atoms with Crippen LogP contribution in [0.1, 0.15) is 19.4 Å². The summed E-state index contributed by atoms with van der Waals surface area (Å²) >= 11 is 0. The van der Waals surface area contributed by atoms with Gasteiger partial charge in [-0.05, 0) is 26.0 Å². The number of nitrogens with zero attached hydrogens (tertiary/aromatic N) is 1. The fraction of sp³-hybridized carbons (Fsp3) is 0.438. The summed E-state index contributed by atoms with van der Waals surface area (Å²) in [5, 5.41) is 11.1. The first-order valence-electron chi connectivity index (χ1n) is 7.17. The molecule has 116 valence electrons. The van der Waals surface area contributed by atoms with E-state index in [2.05, 4.69) is 4.98 Å². The minimum atomic E-state index is -0.959. The minimum Gasteiger partial charge on any atom is -0.496 e. The summed E-state index contributed by atoms with van der Waals surface area (Å²) in [6, 6.07) is 3.76. The van der Waals surface area contributed by atoms with Gasteiger partial charge in [0.05, 0.1) is 18.3 Å². The van der Waals surface area contributed by atoms with E-state index in [1.807, 2.05) is 12.1 Å². The van der Waals surface area contributed by atoms with Crippen LogP contribution in [-0.2, 0) is 6.42 Å². The van der Waals surface area contributed by atoms with E-state index in [-0.39, 0.29) is 12.9 Å². The van der Waals surface area contributed by atoms with Crippen molar-refractivity contribution in [1.82, 2.24) is 4.98 Å². The second kappa shape index (κ2) is 4.39. The molecule has 0 bridgehead atoms. The van der Waals surface area contributed by atoms with Crippen molar-refractivity contribution in [3.05, 3.63) is 17.7 Å². The molecule has 4 rings (SSSR count). The van der Waals surface area contributed by atoms with E-state index in [9.17, 15) is 5.11 Å². The van der Waals surface area contributed by atoms with Gasteiger partial charge in [0.2, 0.25) is 12.7 Å². The maximum atomic E-state index is 10.2. The van der Waals surface area contributed by atoms with Gasteiger partial charge in [-0.3, -0.25) is 0 Å². The Morgan fingerprint density at radius 3 is 2.86 bits per heavy atom. The summed E-state index contributed by atoms with van der Waals surface area (Å²) in [5.74, 6) is 2.47. The van der Waals surface area contributed by atoms with Crippen molar-refractivity contribution >= 4 is 10.9 Å². The van der Waals surface area contributed by atoms with Gasteiger partial charge in [-0.15, -0.1) is 0 Å². The topological polar surface area (TPSA) is 70.0 Å². The number of rotatable bonds is 2. The van der Waals surface area contributed by atoms with Crippen LogP contribution in [0, 0.1) is 0 Å². The van der Waals surface area contributed by atoms with Crippen molar-refractivity contribution in [3.63, 3.8) is 0 Å². The predicted molar refractivity (Wildman–Crippen MR) is 78.8 cm³/mol. The molecule has 1 aromatic carbocycles. The molecule has 0 fully saturated rings. The van der Waals surface area contributed by atoms with Crippen molar-refractivity contribution in [2.24, 2.45) is 0 Å². The molecular formula is C16H17NO5. The Labute approximate surface area is 127 Å². The number of benzene rings is 1. The molecule has 0 spiro atoms. The quantitative estimate of drug-likeness (QED) is 0.915. The average molecular weight is 303 g/mol. The van der Waals surface area contributed by atoms with E-state index in [1.54, 1.807) is 21.0 Å². The average Bonchev–Trinajstić information content (AvgIpc) is 3.10. The Hall–Kier alpha value is -2.21. The molecule has 1 atom stereocenters. The highest BCUT2D eigenvalue weighted by Crippen LogP contribution is 2.47. The highest BCUT2D eigenvalue weighted by Gasteiger charge is 2.38. The van der Waals surface area contributed by atoms with Gasteiger partial charge in [0.1, 0.15) is 17.4 Å². The molecule has 1 N–H and O–H groups in total. The Morgan fingerprint density at radius 1 is 1.32 bits per heavy atom. The molecule has 6 heteroatoms. The first kappa shape index (κ1) is 13.5. The van der Waals surface area contributed by atoms with Gasteiger partial charge in [-0.1, -0.05) is 0 Å². The number of fused-ring (bicyclic) bond motifs is 4. The number of aliphatic hydroxyl groups is 1. The van der Waals surface area contributed by atoms with Crippen LogP contribution in [0.2, 0.25) is 0 Å². The van der Waals surface area contributed by atoms with E-state index in [4.69, 9.17) is 18.9 Å². The van der Waals surface area contributed by atoms with Crippen molar-refractivity contribution in [2.45, 2.75) is 32.0 Å². The molecule has 0 aliphatic carbocycles. The van der Waals surface area contributed by atoms with Crippen molar-refractivity contribution in [2.75, 3.05) is 13.9 Å². The van der Waals surface area contributed by atoms with Crippen LogP contribution >= 0.6 is 0 Å². The van der Waals surface area contributed by atoms with Crippen molar-refractivity contribution < 1.29 is 24.1 Å². The first-order chi connectivity index (χ1) is 10.5. The smallest absolute Gasteiger partial charge is 0.231 e. The van der Waals surface area contributed by atoms with Gasteiger partial charge in [0, 0.05) is 11.8 Å². The van der Waals surface area contributed by atoms with E-state index < -0.39 is 5.60 Å². The van der Waals surface area contributed by atoms with Crippen LogP contribution in [0.3, 0.4) is 0 Å². The Balaban J connectivity index is 1.93. The summed E-state index contributed by atoms with van der Waals surface area (Å²) in [6.07, 6.45) is 0.199. The fourth-order valence-electron chi connectivity index (χ4n) is 2.95. The number of aromatic nitrogens is 1. The van der Waals surface area contributed by atoms with Crippen LogP contribution in [0.25, 0.3) is 10.9 Å². The Morgan fingerprint density at radius 2 is 2.14 bits per heavy atom. The van der Waals surface area contributed by atoms with E-state index in [1.165, 1.54) is 0 Å². The molecule has 2 aliphatic rings. The number of pyridine rings is 1. The fourth-order valence-corrected chi connectivity index (χ4v) is 2.95. The van der Waals surface area contributed by atoms with E-state index in [0.29, 0.717) is 35.1 Å². The summed E-state index contributed by atoms with van der Waals surface area (Å²) in [7, 11) is 1.62. The summed E-state index contributed by atoms with van der Waals surface area (Å²) in [4.78, 5) is 4.58. The van der Waals surface area contributed by atoms with Gasteiger partial charge >= 0.3 is 0 Å². The van der Waals surface area contributed by atoms with E-state index >= 15 is 0 Å². The Kier molecular flexibility index (Phi) is 2.69. The van der Waals surface area contributed by atoms with Crippen LogP contribution in [0.5, 0.6) is 23.1 Å². The van der Waals surface area contributed by atoms with Gasteiger partial charge in [0.25, 0.3) is 0 Å². The van der Waals surface area contributed by atoms with Crippen LogP contribution in [0.4, 0.5) is 0 Å². The molecule has 22 heavy (non-hydrogen) atoms. The summed E-state index contributed by atoms with van der Waals surface area (Å²) in [5.41, 5.74) is 0.572. The second-order valence-electron chi connectivity index (χ2n) is 6.09. The van der Waals surface area contributed by atoms with Crippen molar-refractivity contribution in [1.29, 1.82) is 0 Å². The normalized spacial score (nSPS) is 19.2. The predicted octanol–water partition coefficient (Wildman–Crippen LogP) is 2.05. The maximum absolute atomic E-state index is 10.2. The molecule has 0 saturated carbocycles. The lowest BCUT2D eigenvalue weighted by molar-refractivity contribution is -0.0243. The van der Waals surface area contributed by atoms with Crippen LogP contribution in [0.15, 0.2) is 12.1 Å². The summed E-state index contributed by atoms with van der Waals surface area (Å²) in [6.45, 7) is 3.64. The zero-order valence-electron chi connectivity index (χ0n) is 12.7. The monoisotopic (exact) mass is 303 g/mol. The summed E-state index contributed by atoms with van der Waals surface area (Å²) < 4.78 is 22.3.